The molecule has 2 heterocycles. The number of esters is 1. The van der Waals surface area contributed by atoms with Gasteiger partial charge >= 0.3 is 5.97 Å². The SMILES string of the molecule is O=C1OC(c2ccc3ccccc3c2)=N/C1=C\c1ccc(I)o1. The first kappa shape index (κ1) is 14.2. The predicted molar refractivity (Wildman–Crippen MR) is 96.0 cm³/mol. The number of aliphatic imine (C=N–C) groups is 1. The molecule has 1 aliphatic rings. The maximum atomic E-state index is 12.0. The van der Waals surface area contributed by atoms with Crippen molar-refractivity contribution in [3.63, 3.8) is 0 Å². The molecule has 1 aromatic heterocycles. The first-order valence-electron chi connectivity index (χ1n) is 6.96. The number of benzene rings is 2. The van der Waals surface area contributed by atoms with Crippen molar-refractivity contribution in [3.8, 4) is 0 Å². The standard InChI is InChI=1S/C18H10INO3/c19-16-8-7-14(22-16)10-15-18(21)23-17(20-15)13-6-5-11-3-1-2-4-12(11)9-13/h1-10H/b15-10-. The van der Waals surface area contributed by atoms with Gasteiger partial charge in [-0.15, -0.1) is 0 Å². The summed E-state index contributed by atoms with van der Waals surface area (Å²) in [6.45, 7) is 0. The Morgan fingerprint density at radius 1 is 1.00 bits per heavy atom. The Morgan fingerprint density at radius 3 is 2.61 bits per heavy atom. The van der Waals surface area contributed by atoms with Gasteiger partial charge in [-0.3, -0.25) is 0 Å². The van der Waals surface area contributed by atoms with E-state index >= 15 is 0 Å². The summed E-state index contributed by atoms with van der Waals surface area (Å²) in [6.07, 6.45) is 1.58. The smallest absolute Gasteiger partial charge is 0.363 e. The van der Waals surface area contributed by atoms with Crippen LogP contribution in [-0.4, -0.2) is 11.9 Å². The number of fused-ring (bicyclic) bond motifs is 1. The second-order valence-corrected chi connectivity index (χ2v) is 6.10. The van der Waals surface area contributed by atoms with Crippen molar-refractivity contribution in [1.29, 1.82) is 0 Å². The zero-order valence-corrected chi connectivity index (χ0v) is 14.0. The first-order chi connectivity index (χ1) is 11.2. The average molecular weight is 415 g/mol. The lowest BCUT2D eigenvalue weighted by molar-refractivity contribution is -0.129. The summed E-state index contributed by atoms with van der Waals surface area (Å²) < 4.78 is 11.5. The number of ether oxygens (including phenoxy) is 1. The van der Waals surface area contributed by atoms with Crippen molar-refractivity contribution in [3.05, 3.63) is 75.4 Å². The van der Waals surface area contributed by atoms with Crippen LogP contribution >= 0.6 is 22.6 Å². The van der Waals surface area contributed by atoms with Crippen molar-refractivity contribution in [2.45, 2.75) is 0 Å². The van der Waals surface area contributed by atoms with Crippen LogP contribution in [0.4, 0.5) is 0 Å². The van der Waals surface area contributed by atoms with Crippen LogP contribution in [0, 0.1) is 3.77 Å². The highest BCUT2D eigenvalue weighted by Gasteiger charge is 2.24. The van der Waals surface area contributed by atoms with Crippen molar-refractivity contribution in [1.82, 2.24) is 0 Å². The molecule has 4 nitrogen and oxygen atoms in total. The van der Waals surface area contributed by atoms with Crippen molar-refractivity contribution >= 4 is 51.3 Å². The molecule has 1 aliphatic heterocycles. The van der Waals surface area contributed by atoms with Gasteiger partial charge in [-0.2, -0.15) is 0 Å². The second-order valence-electron chi connectivity index (χ2n) is 5.04. The Morgan fingerprint density at radius 2 is 1.83 bits per heavy atom. The minimum atomic E-state index is -0.473. The third-order valence-electron chi connectivity index (χ3n) is 3.49. The molecular weight excluding hydrogens is 405 g/mol. The van der Waals surface area contributed by atoms with Gasteiger partial charge in [0.15, 0.2) is 9.46 Å². The molecule has 0 fully saturated rings. The van der Waals surface area contributed by atoms with Crippen LogP contribution in [0.3, 0.4) is 0 Å². The monoisotopic (exact) mass is 415 g/mol. The Labute approximate surface area is 145 Å². The third kappa shape index (κ3) is 2.79. The van der Waals surface area contributed by atoms with E-state index in [4.69, 9.17) is 9.15 Å². The molecule has 23 heavy (non-hydrogen) atoms. The molecule has 112 valence electrons. The van der Waals surface area contributed by atoms with Crippen LogP contribution in [0.25, 0.3) is 16.8 Å². The van der Waals surface area contributed by atoms with E-state index in [2.05, 4.69) is 27.6 Å². The predicted octanol–water partition coefficient (Wildman–Crippen LogP) is 4.38. The fourth-order valence-corrected chi connectivity index (χ4v) is 2.83. The van der Waals surface area contributed by atoms with Gasteiger partial charge in [0.05, 0.1) is 0 Å². The molecule has 0 saturated carbocycles. The van der Waals surface area contributed by atoms with Gasteiger partial charge in [-0.25, -0.2) is 9.79 Å². The number of cyclic esters (lactones) is 1. The molecule has 0 amide bonds. The Kier molecular flexibility index (Phi) is 3.49. The lowest BCUT2D eigenvalue weighted by atomic mass is 10.1. The summed E-state index contributed by atoms with van der Waals surface area (Å²) in [4.78, 5) is 16.3. The highest BCUT2D eigenvalue weighted by atomic mass is 127. The molecule has 4 rings (SSSR count). The van der Waals surface area contributed by atoms with Gasteiger partial charge in [-0.05, 0) is 57.6 Å². The van der Waals surface area contributed by atoms with Crippen LogP contribution in [0.15, 0.2) is 69.7 Å². The van der Waals surface area contributed by atoms with Crippen LogP contribution in [0.2, 0.25) is 0 Å². The van der Waals surface area contributed by atoms with E-state index in [1.165, 1.54) is 0 Å². The number of carbonyl (C=O) groups is 1. The summed E-state index contributed by atoms with van der Waals surface area (Å²) in [6, 6.07) is 17.4. The van der Waals surface area contributed by atoms with Crippen molar-refractivity contribution < 1.29 is 13.9 Å². The molecule has 5 heteroatoms. The quantitative estimate of drug-likeness (QED) is 0.355. The van der Waals surface area contributed by atoms with E-state index in [0.29, 0.717) is 11.7 Å². The highest BCUT2D eigenvalue weighted by molar-refractivity contribution is 14.1. The molecule has 0 unspecified atom stereocenters. The average Bonchev–Trinajstić information content (AvgIpc) is 3.13. The molecule has 2 aromatic carbocycles. The molecule has 0 N–H and O–H groups in total. The molecule has 0 bridgehead atoms. The largest absolute Gasteiger partial charge is 0.451 e. The zero-order valence-electron chi connectivity index (χ0n) is 11.8. The molecule has 0 atom stereocenters. The molecule has 0 saturated heterocycles. The van der Waals surface area contributed by atoms with E-state index in [0.717, 1.165) is 20.1 Å². The summed E-state index contributed by atoms with van der Waals surface area (Å²) in [5, 5.41) is 2.20. The number of hydrogen-bond acceptors (Lipinski definition) is 4. The van der Waals surface area contributed by atoms with Crippen LogP contribution < -0.4 is 0 Å². The molecule has 3 aromatic rings. The van der Waals surface area contributed by atoms with Crippen molar-refractivity contribution in [2.24, 2.45) is 4.99 Å². The molecule has 0 radical (unpaired) electrons. The van der Waals surface area contributed by atoms with Crippen LogP contribution in [-0.2, 0) is 9.53 Å². The lowest BCUT2D eigenvalue weighted by Gasteiger charge is -2.02. The lowest BCUT2D eigenvalue weighted by Crippen LogP contribution is -2.05. The van der Waals surface area contributed by atoms with Gasteiger partial charge in [0.25, 0.3) is 0 Å². The zero-order chi connectivity index (χ0) is 15.8. The van der Waals surface area contributed by atoms with E-state index in [1.807, 2.05) is 48.5 Å². The summed E-state index contributed by atoms with van der Waals surface area (Å²) >= 11 is 2.07. The molecule has 0 aliphatic carbocycles. The Hall–Kier alpha value is -2.41. The topological polar surface area (TPSA) is 51.8 Å². The minimum absolute atomic E-state index is 0.235. The fraction of sp³-hybridized carbons (Fsp3) is 0. The second kappa shape index (κ2) is 5.66. The minimum Gasteiger partial charge on any atom is -0.451 e. The van der Waals surface area contributed by atoms with Crippen LogP contribution in [0.5, 0.6) is 0 Å². The van der Waals surface area contributed by atoms with Gasteiger partial charge in [0.1, 0.15) is 5.76 Å². The van der Waals surface area contributed by atoms with E-state index < -0.39 is 5.97 Å². The number of carbonyl (C=O) groups excluding carboxylic acids is 1. The Balaban J connectivity index is 1.72. The van der Waals surface area contributed by atoms with E-state index in [9.17, 15) is 4.79 Å². The van der Waals surface area contributed by atoms with E-state index in [-0.39, 0.29) is 5.70 Å². The van der Waals surface area contributed by atoms with Gasteiger partial charge in [0.2, 0.25) is 5.90 Å². The number of furan rings is 1. The summed E-state index contributed by atoms with van der Waals surface area (Å²) in [5.74, 6) is 0.415. The summed E-state index contributed by atoms with van der Waals surface area (Å²) in [5.41, 5.74) is 1.01. The van der Waals surface area contributed by atoms with E-state index in [1.54, 1.807) is 12.1 Å². The maximum absolute atomic E-state index is 12.0. The summed E-state index contributed by atoms with van der Waals surface area (Å²) in [7, 11) is 0. The molecule has 0 spiro atoms. The Bertz CT molecular complexity index is 985. The fourth-order valence-electron chi connectivity index (χ4n) is 2.40. The number of halogens is 1. The number of rotatable bonds is 2. The van der Waals surface area contributed by atoms with Gasteiger partial charge < -0.3 is 9.15 Å². The number of hydrogen-bond donors (Lipinski definition) is 0. The molecular formula is C18H10INO3. The highest BCUT2D eigenvalue weighted by Crippen LogP contribution is 2.23. The van der Waals surface area contributed by atoms with Crippen LogP contribution in [0.1, 0.15) is 11.3 Å². The van der Waals surface area contributed by atoms with Crippen molar-refractivity contribution in [2.75, 3.05) is 0 Å². The maximum Gasteiger partial charge on any atom is 0.363 e. The van der Waals surface area contributed by atoms with Gasteiger partial charge in [-0.1, -0.05) is 30.3 Å². The third-order valence-corrected chi connectivity index (χ3v) is 4.07. The normalized spacial score (nSPS) is 16.0. The first-order valence-corrected chi connectivity index (χ1v) is 8.04. The van der Waals surface area contributed by atoms with Gasteiger partial charge in [0, 0.05) is 11.6 Å². The number of nitrogens with zero attached hydrogens (tertiary/aromatic N) is 1.